The Hall–Kier alpha value is -1.52. The van der Waals surface area contributed by atoms with E-state index in [1.165, 1.54) is 6.92 Å². The van der Waals surface area contributed by atoms with Crippen molar-refractivity contribution in [1.29, 1.82) is 0 Å². The minimum absolute atomic E-state index is 0.0848. The van der Waals surface area contributed by atoms with Gasteiger partial charge in [0, 0.05) is 10.9 Å². The Kier molecular flexibility index (Phi) is 6.25. The Morgan fingerprint density at radius 2 is 1.87 bits per heavy atom. The van der Waals surface area contributed by atoms with Crippen molar-refractivity contribution in [2.45, 2.75) is 31.2 Å². The van der Waals surface area contributed by atoms with E-state index in [-0.39, 0.29) is 11.9 Å². The lowest BCUT2D eigenvalue weighted by Gasteiger charge is -2.17. The topological polar surface area (TPSA) is 48.4 Å². The predicted octanol–water partition coefficient (Wildman–Crippen LogP) is 4.00. The summed E-state index contributed by atoms with van der Waals surface area (Å²) in [6, 6.07) is 0.421. The summed E-state index contributed by atoms with van der Waals surface area (Å²) in [5, 5.41) is -0.361. The molecule has 0 saturated carbocycles. The van der Waals surface area contributed by atoms with Gasteiger partial charge in [-0.2, -0.15) is 13.2 Å². The van der Waals surface area contributed by atoms with Gasteiger partial charge in [0.05, 0.1) is 18.7 Å². The highest BCUT2D eigenvalue weighted by Crippen LogP contribution is 2.36. The van der Waals surface area contributed by atoms with Gasteiger partial charge in [0.2, 0.25) is 0 Å². The molecule has 1 aromatic heterocycles. The van der Waals surface area contributed by atoms with E-state index in [4.69, 9.17) is 0 Å². The average Bonchev–Trinajstić information content (AvgIpc) is 2.37. The Bertz CT molecular complexity index is 573. The number of hydrogen-bond acceptors (Lipinski definition) is 4. The van der Waals surface area contributed by atoms with Gasteiger partial charge in [-0.05, 0) is 13.0 Å². The molecule has 0 saturated heterocycles. The van der Waals surface area contributed by atoms with Gasteiger partial charge in [0.15, 0.2) is 5.75 Å². The van der Waals surface area contributed by atoms with Gasteiger partial charge in [-0.3, -0.25) is 4.79 Å². The largest absolute Gasteiger partial charge is 0.573 e. The number of carbonyl (C=O) groups is 1. The number of hydrogen-bond donors (Lipinski definition) is 0. The third-order valence-corrected chi connectivity index (χ3v) is 2.99. The molecule has 0 unspecified atom stereocenters. The first-order valence-electron chi connectivity index (χ1n) is 6.05. The summed E-state index contributed by atoms with van der Waals surface area (Å²) in [7, 11) is 0. The van der Waals surface area contributed by atoms with Crippen LogP contribution in [-0.4, -0.2) is 23.9 Å². The molecular weight excluding hydrogens is 400 g/mol. The maximum absolute atomic E-state index is 12.8. The van der Waals surface area contributed by atoms with Crippen molar-refractivity contribution in [3.05, 3.63) is 23.0 Å². The average molecular weight is 410 g/mol. The molecule has 0 aliphatic rings. The van der Waals surface area contributed by atoms with Crippen molar-refractivity contribution in [3.63, 3.8) is 0 Å². The summed E-state index contributed by atoms with van der Waals surface area (Å²) < 4.78 is 84.0. The zero-order chi connectivity index (χ0) is 17.8. The lowest BCUT2D eigenvalue weighted by Crippen LogP contribution is -2.22. The molecule has 11 heteroatoms. The highest BCUT2D eigenvalue weighted by atomic mass is 79.9. The van der Waals surface area contributed by atoms with Crippen LogP contribution in [0.3, 0.4) is 0 Å². The van der Waals surface area contributed by atoms with Gasteiger partial charge in [-0.15, -0.1) is 13.2 Å². The van der Waals surface area contributed by atoms with E-state index in [1.54, 1.807) is 0 Å². The van der Waals surface area contributed by atoms with Gasteiger partial charge < -0.3 is 9.47 Å². The van der Waals surface area contributed by atoms with Crippen LogP contribution in [0.2, 0.25) is 0 Å². The second-order valence-electron chi connectivity index (χ2n) is 4.10. The van der Waals surface area contributed by atoms with Gasteiger partial charge in [-0.1, -0.05) is 15.9 Å². The first kappa shape index (κ1) is 19.5. The second kappa shape index (κ2) is 7.37. The number of nitrogens with zero attached hydrogens (tertiary/aromatic N) is 1. The van der Waals surface area contributed by atoms with Crippen LogP contribution in [0.25, 0.3) is 0 Å². The first-order chi connectivity index (χ1) is 10.5. The van der Waals surface area contributed by atoms with Crippen molar-refractivity contribution in [2.75, 3.05) is 6.61 Å². The number of ether oxygens (including phenoxy) is 2. The molecule has 0 amide bonds. The number of rotatable bonds is 5. The third-order valence-electron chi connectivity index (χ3n) is 2.39. The summed E-state index contributed by atoms with van der Waals surface area (Å²) >= 11 is 2.79. The second-order valence-corrected chi connectivity index (χ2v) is 4.66. The Balaban J connectivity index is 3.41. The fraction of sp³-hybridized carbons (Fsp3) is 0.500. The first-order valence-corrected chi connectivity index (χ1v) is 7.17. The van der Waals surface area contributed by atoms with E-state index in [0.717, 1.165) is 0 Å². The van der Waals surface area contributed by atoms with Crippen LogP contribution in [0.1, 0.15) is 23.9 Å². The van der Waals surface area contributed by atoms with E-state index in [1.807, 2.05) is 0 Å². The summed E-state index contributed by atoms with van der Waals surface area (Å²) in [5.74, 6) is -1.97. The predicted molar refractivity (Wildman–Crippen MR) is 68.9 cm³/mol. The van der Waals surface area contributed by atoms with Crippen LogP contribution in [0.5, 0.6) is 5.75 Å². The lowest BCUT2D eigenvalue weighted by molar-refractivity contribution is -0.275. The normalized spacial score (nSPS) is 12.2. The highest BCUT2D eigenvalue weighted by molar-refractivity contribution is 9.08. The van der Waals surface area contributed by atoms with E-state index in [2.05, 4.69) is 30.4 Å². The van der Waals surface area contributed by atoms with Crippen molar-refractivity contribution in [1.82, 2.24) is 4.98 Å². The zero-order valence-electron chi connectivity index (χ0n) is 11.5. The third kappa shape index (κ3) is 5.88. The van der Waals surface area contributed by atoms with Crippen molar-refractivity contribution >= 4 is 21.9 Å². The van der Waals surface area contributed by atoms with Crippen LogP contribution in [0.15, 0.2) is 6.07 Å². The summed E-state index contributed by atoms with van der Waals surface area (Å²) in [6.45, 7) is 1.35. The molecule has 0 radical (unpaired) electrons. The van der Waals surface area contributed by atoms with Crippen LogP contribution < -0.4 is 4.74 Å². The molecule has 0 N–H and O–H groups in total. The number of halogens is 7. The molecule has 0 fully saturated rings. The molecule has 1 aromatic rings. The number of carbonyl (C=O) groups excluding carboxylic acids is 1. The number of alkyl halides is 7. The van der Waals surface area contributed by atoms with Crippen molar-refractivity contribution in [3.8, 4) is 5.75 Å². The standard InChI is InChI=1S/C12H10BrF6NO3/c1-2-22-9(21)4-7-10(23-12(17,18)19)6(5-13)3-8(20-7)11(14,15)16/h3H,2,4-5H2,1H3. The maximum atomic E-state index is 12.8. The smallest absolute Gasteiger partial charge is 0.466 e. The molecule has 130 valence electrons. The highest BCUT2D eigenvalue weighted by Gasteiger charge is 2.38. The molecule has 0 aliphatic heterocycles. The van der Waals surface area contributed by atoms with Crippen LogP contribution in [0, 0.1) is 0 Å². The Labute approximate surface area is 134 Å². The van der Waals surface area contributed by atoms with Crippen LogP contribution >= 0.6 is 15.9 Å². The SMILES string of the molecule is CCOC(=O)Cc1nc(C(F)(F)F)cc(CBr)c1OC(F)(F)F. The van der Waals surface area contributed by atoms with E-state index >= 15 is 0 Å². The molecule has 0 aliphatic carbocycles. The molecule has 1 rings (SSSR count). The van der Waals surface area contributed by atoms with Gasteiger partial charge in [-0.25, -0.2) is 4.98 Å². The van der Waals surface area contributed by atoms with E-state index in [0.29, 0.717) is 6.07 Å². The Morgan fingerprint density at radius 1 is 1.26 bits per heavy atom. The molecule has 0 spiro atoms. The molecule has 4 nitrogen and oxygen atoms in total. The summed E-state index contributed by atoms with van der Waals surface area (Å²) in [6.07, 6.45) is -10.9. The monoisotopic (exact) mass is 409 g/mol. The number of aromatic nitrogens is 1. The molecular formula is C12H10BrF6NO3. The minimum Gasteiger partial charge on any atom is -0.466 e. The Morgan fingerprint density at radius 3 is 2.30 bits per heavy atom. The van der Waals surface area contributed by atoms with Gasteiger partial charge in [0.25, 0.3) is 0 Å². The fourth-order valence-electron chi connectivity index (χ4n) is 1.60. The lowest BCUT2D eigenvalue weighted by atomic mass is 10.1. The van der Waals surface area contributed by atoms with Crippen molar-refractivity contribution < 1.29 is 40.6 Å². The zero-order valence-corrected chi connectivity index (χ0v) is 13.1. The molecule has 1 heterocycles. The molecule has 0 atom stereocenters. The van der Waals surface area contributed by atoms with Crippen LogP contribution in [-0.2, 0) is 27.5 Å². The molecule has 0 bridgehead atoms. The number of esters is 1. The van der Waals surface area contributed by atoms with Gasteiger partial charge in [0.1, 0.15) is 5.69 Å². The number of pyridine rings is 1. The van der Waals surface area contributed by atoms with Crippen molar-refractivity contribution in [2.24, 2.45) is 0 Å². The molecule has 0 aromatic carbocycles. The summed E-state index contributed by atoms with van der Waals surface area (Å²) in [4.78, 5) is 14.5. The van der Waals surface area contributed by atoms with E-state index in [9.17, 15) is 31.1 Å². The minimum atomic E-state index is -5.15. The van der Waals surface area contributed by atoms with Crippen LogP contribution in [0.4, 0.5) is 26.3 Å². The maximum Gasteiger partial charge on any atom is 0.573 e. The molecule has 23 heavy (non-hydrogen) atoms. The quantitative estimate of drug-likeness (QED) is 0.419. The van der Waals surface area contributed by atoms with E-state index < -0.39 is 47.6 Å². The van der Waals surface area contributed by atoms with Gasteiger partial charge >= 0.3 is 18.5 Å². The fourth-order valence-corrected chi connectivity index (χ4v) is 2.01. The summed E-state index contributed by atoms with van der Waals surface area (Å²) in [5.41, 5.74) is -2.67.